The lowest BCUT2D eigenvalue weighted by molar-refractivity contribution is -0.130. The predicted octanol–water partition coefficient (Wildman–Crippen LogP) is 3.63. The summed E-state index contributed by atoms with van der Waals surface area (Å²) in [6.45, 7) is 5.69. The summed E-state index contributed by atoms with van der Waals surface area (Å²) in [6, 6.07) is 12.0. The summed E-state index contributed by atoms with van der Waals surface area (Å²) in [5.41, 5.74) is 2.38. The highest BCUT2D eigenvalue weighted by Gasteiger charge is 2.26. The van der Waals surface area contributed by atoms with Gasteiger partial charge in [-0.2, -0.15) is 0 Å². The second-order valence-corrected chi connectivity index (χ2v) is 8.43. The minimum Gasteiger partial charge on any atom is -0.378 e. The molecular formula is C25H30FN3O3. The van der Waals surface area contributed by atoms with E-state index in [1.54, 1.807) is 12.1 Å². The number of anilines is 2. The zero-order valence-corrected chi connectivity index (χ0v) is 18.6. The molecule has 2 aromatic carbocycles. The molecule has 4 rings (SSSR count). The van der Waals surface area contributed by atoms with E-state index >= 15 is 0 Å². The molecule has 2 saturated heterocycles. The largest absolute Gasteiger partial charge is 0.378 e. The number of carbonyl (C=O) groups excluding carboxylic acids is 2. The zero-order chi connectivity index (χ0) is 22.5. The first kappa shape index (κ1) is 22.3. The first-order valence-corrected chi connectivity index (χ1v) is 11.3. The molecule has 0 aliphatic carbocycles. The normalized spacial score (nSPS) is 16.7. The SMILES string of the molecule is Cc1ccc(N(CC(=O)N2CCCCC2)C(=O)c2ccc(N3CCOCC3)c(F)c2)cc1. The van der Waals surface area contributed by atoms with Crippen LogP contribution >= 0.6 is 0 Å². The summed E-state index contributed by atoms with van der Waals surface area (Å²) >= 11 is 0. The number of aryl methyl sites for hydroxylation is 1. The number of halogens is 1. The molecule has 0 N–H and O–H groups in total. The van der Waals surface area contributed by atoms with Crippen molar-refractivity contribution in [3.05, 3.63) is 59.4 Å². The molecule has 0 bridgehead atoms. The maximum absolute atomic E-state index is 14.9. The molecule has 0 radical (unpaired) electrons. The van der Waals surface area contributed by atoms with Crippen LogP contribution in [0.2, 0.25) is 0 Å². The number of morpholine rings is 1. The average Bonchev–Trinajstić information content (AvgIpc) is 2.83. The maximum Gasteiger partial charge on any atom is 0.258 e. The molecule has 6 nitrogen and oxygen atoms in total. The van der Waals surface area contributed by atoms with Crippen molar-refractivity contribution in [3.63, 3.8) is 0 Å². The number of hydrogen-bond donors (Lipinski definition) is 0. The first-order valence-electron chi connectivity index (χ1n) is 11.3. The van der Waals surface area contributed by atoms with Gasteiger partial charge in [0.15, 0.2) is 0 Å². The lowest BCUT2D eigenvalue weighted by atomic mass is 10.1. The Bertz CT molecular complexity index is 951. The Labute approximate surface area is 188 Å². The van der Waals surface area contributed by atoms with E-state index in [4.69, 9.17) is 4.74 Å². The Morgan fingerprint density at radius 1 is 0.969 bits per heavy atom. The van der Waals surface area contributed by atoms with Gasteiger partial charge < -0.3 is 14.5 Å². The number of hydrogen-bond acceptors (Lipinski definition) is 4. The quantitative estimate of drug-likeness (QED) is 0.714. The maximum atomic E-state index is 14.9. The molecule has 7 heteroatoms. The highest BCUT2D eigenvalue weighted by molar-refractivity contribution is 6.09. The van der Waals surface area contributed by atoms with Crippen molar-refractivity contribution < 1.29 is 18.7 Å². The second kappa shape index (κ2) is 10.1. The predicted molar refractivity (Wildman–Crippen MR) is 123 cm³/mol. The molecule has 0 unspecified atom stereocenters. The molecule has 0 saturated carbocycles. The van der Waals surface area contributed by atoms with Gasteiger partial charge in [0.25, 0.3) is 5.91 Å². The molecule has 32 heavy (non-hydrogen) atoms. The molecule has 0 atom stereocenters. The van der Waals surface area contributed by atoms with Crippen LogP contribution in [-0.4, -0.2) is 62.7 Å². The number of piperidine rings is 1. The Kier molecular flexibility index (Phi) is 7.05. The van der Waals surface area contributed by atoms with Gasteiger partial charge in [0.05, 0.1) is 18.9 Å². The number of benzene rings is 2. The molecular weight excluding hydrogens is 409 g/mol. The summed E-state index contributed by atoms with van der Waals surface area (Å²) < 4.78 is 20.3. The van der Waals surface area contributed by atoms with Crippen molar-refractivity contribution in [3.8, 4) is 0 Å². The Morgan fingerprint density at radius 3 is 2.31 bits per heavy atom. The first-order chi connectivity index (χ1) is 15.5. The van der Waals surface area contributed by atoms with E-state index in [9.17, 15) is 14.0 Å². The van der Waals surface area contributed by atoms with E-state index in [0.29, 0.717) is 37.7 Å². The van der Waals surface area contributed by atoms with E-state index in [1.807, 2.05) is 41.0 Å². The lowest BCUT2D eigenvalue weighted by Crippen LogP contribution is -2.45. The Balaban J connectivity index is 1.58. The van der Waals surface area contributed by atoms with Crippen molar-refractivity contribution in [2.45, 2.75) is 26.2 Å². The number of rotatable bonds is 5. The van der Waals surface area contributed by atoms with E-state index in [-0.39, 0.29) is 23.9 Å². The van der Waals surface area contributed by atoms with Gasteiger partial charge >= 0.3 is 0 Å². The van der Waals surface area contributed by atoms with E-state index < -0.39 is 5.82 Å². The third-order valence-corrected chi connectivity index (χ3v) is 6.14. The van der Waals surface area contributed by atoms with Gasteiger partial charge in [0.1, 0.15) is 12.4 Å². The van der Waals surface area contributed by atoms with Crippen LogP contribution in [0.25, 0.3) is 0 Å². The minimum atomic E-state index is -0.441. The topological polar surface area (TPSA) is 53.1 Å². The molecule has 2 aliphatic rings. The number of carbonyl (C=O) groups is 2. The fraction of sp³-hybridized carbons (Fsp3) is 0.440. The molecule has 170 valence electrons. The molecule has 0 aromatic heterocycles. The summed E-state index contributed by atoms with van der Waals surface area (Å²) in [6.07, 6.45) is 3.09. The third kappa shape index (κ3) is 5.10. The smallest absolute Gasteiger partial charge is 0.258 e. The monoisotopic (exact) mass is 439 g/mol. The lowest BCUT2D eigenvalue weighted by Gasteiger charge is -2.31. The highest BCUT2D eigenvalue weighted by Crippen LogP contribution is 2.24. The molecule has 2 heterocycles. The van der Waals surface area contributed by atoms with Gasteiger partial charge in [0.2, 0.25) is 5.91 Å². The van der Waals surface area contributed by atoms with E-state index in [2.05, 4.69) is 0 Å². The fourth-order valence-corrected chi connectivity index (χ4v) is 4.24. The van der Waals surface area contributed by atoms with Crippen LogP contribution in [0, 0.1) is 12.7 Å². The Hall–Kier alpha value is -2.93. The van der Waals surface area contributed by atoms with Crippen LogP contribution < -0.4 is 9.80 Å². The van der Waals surface area contributed by atoms with Crippen LogP contribution in [0.3, 0.4) is 0 Å². The van der Waals surface area contributed by atoms with Gasteiger partial charge in [-0.3, -0.25) is 14.5 Å². The molecule has 2 aliphatic heterocycles. The van der Waals surface area contributed by atoms with Gasteiger partial charge in [-0.05, 0) is 56.5 Å². The van der Waals surface area contributed by atoms with Gasteiger partial charge in [0, 0.05) is 37.4 Å². The minimum absolute atomic E-state index is 0.0608. The summed E-state index contributed by atoms with van der Waals surface area (Å²) in [5.74, 6) is -0.903. The third-order valence-electron chi connectivity index (χ3n) is 6.14. The van der Waals surface area contributed by atoms with Crippen molar-refractivity contribution >= 4 is 23.2 Å². The number of likely N-dealkylation sites (tertiary alicyclic amines) is 1. The van der Waals surface area contributed by atoms with Crippen molar-refractivity contribution in [2.75, 3.05) is 55.7 Å². The van der Waals surface area contributed by atoms with Gasteiger partial charge in [-0.25, -0.2) is 4.39 Å². The highest BCUT2D eigenvalue weighted by atomic mass is 19.1. The van der Waals surface area contributed by atoms with Crippen LogP contribution in [-0.2, 0) is 9.53 Å². The summed E-state index contributed by atoms with van der Waals surface area (Å²) in [7, 11) is 0. The van der Waals surface area contributed by atoms with Gasteiger partial charge in [-0.15, -0.1) is 0 Å². The Morgan fingerprint density at radius 2 is 1.66 bits per heavy atom. The fourth-order valence-electron chi connectivity index (χ4n) is 4.24. The average molecular weight is 440 g/mol. The van der Waals surface area contributed by atoms with Crippen LogP contribution in [0.15, 0.2) is 42.5 Å². The van der Waals surface area contributed by atoms with Crippen LogP contribution in [0.4, 0.5) is 15.8 Å². The van der Waals surface area contributed by atoms with E-state index in [1.165, 1.54) is 11.0 Å². The van der Waals surface area contributed by atoms with Crippen molar-refractivity contribution in [1.82, 2.24) is 4.90 Å². The summed E-state index contributed by atoms with van der Waals surface area (Å²) in [4.78, 5) is 31.6. The number of nitrogens with zero attached hydrogens (tertiary/aromatic N) is 3. The van der Waals surface area contributed by atoms with E-state index in [0.717, 1.165) is 37.9 Å². The second-order valence-electron chi connectivity index (χ2n) is 8.43. The van der Waals surface area contributed by atoms with Gasteiger partial charge in [-0.1, -0.05) is 17.7 Å². The van der Waals surface area contributed by atoms with Crippen LogP contribution in [0.1, 0.15) is 35.2 Å². The van der Waals surface area contributed by atoms with Crippen LogP contribution in [0.5, 0.6) is 0 Å². The standard InChI is InChI=1S/C25H30FN3O3/c1-19-5-8-21(9-6-19)29(18-24(30)28-11-3-2-4-12-28)25(31)20-7-10-23(22(26)17-20)27-13-15-32-16-14-27/h5-10,17H,2-4,11-16,18H2,1H3. The molecule has 2 fully saturated rings. The number of ether oxygens (including phenoxy) is 1. The molecule has 2 aromatic rings. The molecule has 0 spiro atoms. The zero-order valence-electron chi connectivity index (χ0n) is 18.6. The summed E-state index contributed by atoms with van der Waals surface area (Å²) in [5, 5.41) is 0. The van der Waals surface area contributed by atoms with Crippen molar-refractivity contribution in [2.24, 2.45) is 0 Å². The molecule has 2 amide bonds. The van der Waals surface area contributed by atoms with Crippen molar-refractivity contribution in [1.29, 1.82) is 0 Å². The number of amides is 2.